The first-order valence-electron chi connectivity index (χ1n) is 4.74. The summed E-state index contributed by atoms with van der Waals surface area (Å²) in [5, 5.41) is 9.76. The second kappa shape index (κ2) is 4.80. The number of phenolic OH excluding ortho intramolecular Hbond substituents is 1. The molecule has 0 radical (unpaired) electrons. The minimum absolute atomic E-state index is 0.225. The first-order chi connectivity index (χ1) is 6.56. The standard InChI is InChI=1S/C11H16BrNO/c1-7(2)10(6-13)9-4-3-8(12)5-11(9)14/h3-5,7,10,14H,6,13H2,1-2H3. The molecule has 2 nitrogen and oxygen atoms in total. The molecule has 0 heterocycles. The highest BCUT2D eigenvalue weighted by atomic mass is 79.9. The molecule has 0 spiro atoms. The molecule has 3 heteroatoms. The van der Waals surface area contributed by atoms with Crippen molar-refractivity contribution in [1.29, 1.82) is 0 Å². The second-order valence-electron chi connectivity index (χ2n) is 3.79. The van der Waals surface area contributed by atoms with Crippen LogP contribution in [0.4, 0.5) is 0 Å². The van der Waals surface area contributed by atoms with Crippen LogP contribution in [-0.4, -0.2) is 11.7 Å². The van der Waals surface area contributed by atoms with Crippen molar-refractivity contribution in [1.82, 2.24) is 0 Å². The molecule has 1 rings (SSSR count). The van der Waals surface area contributed by atoms with Crippen LogP contribution < -0.4 is 5.73 Å². The smallest absolute Gasteiger partial charge is 0.120 e. The molecule has 0 aliphatic heterocycles. The Labute approximate surface area is 93.3 Å². The van der Waals surface area contributed by atoms with Gasteiger partial charge in [-0.3, -0.25) is 0 Å². The summed E-state index contributed by atoms with van der Waals surface area (Å²) in [6, 6.07) is 5.57. The van der Waals surface area contributed by atoms with Crippen LogP contribution in [0.3, 0.4) is 0 Å². The Kier molecular flexibility index (Phi) is 3.96. The van der Waals surface area contributed by atoms with Crippen LogP contribution in [0, 0.1) is 5.92 Å². The fraction of sp³-hybridized carbons (Fsp3) is 0.455. The van der Waals surface area contributed by atoms with E-state index in [1.807, 2.05) is 12.1 Å². The van der Waals surface area contributed by atoms with Gasteiger partial charge in [0.2, 0.25) is 0 Å². The van der Waals surface area contributed by atoms with Crippen LogP contribution in [0.15, 0.2) is 22.7 Å². The van der Waals surface area contributed by atoms with Gasteiger partial charge in [0.1, 0.15) is 5.75 Å². The van der Waals surface area contributed by atoms with Crippen LogP contribution in [0.25, 0.3) is 0 Å². The molecule has 0 bridgehead atoms. The summed E-state index contributed by atoms with van der Waals surface area (Å²) < 4.78 is 0.887. The highest BCUT2D eigenvalue weighted by molar-refractivity contribution is 9.10. The van der Waals surface area contributed by atoms with Gasteiger partial charge in [0, 0.05) is 10.4 Å². The van der Waals surface area contributed by atoms with Crippen molar-refractivity contribution in [3.8, 4) is 5.75 Å². The largest absolute Gasteiger partial charge is 0.508 e. The fourth-order valence-electron chi connectivity index (χ4n) is 1.59. The normalized spacial score (nSPS) is 13.2. The molecule has 14 heavy (non-hydrogen) atoms. The van der Waals surface area contributed by atoms with Crippen molar-refractivity contribution in [2.45, 2.75) is 19.8 Å². The van der Waals surface area contributed by atoms with Crippen LogP contribution in [-0.2, 0) is 0 Å². The van der Waals surface area contributed by atoms with Crippen LogP contribution >= 0.6 is 15.9 Å². The van der Waals surface area contributed by atoms with Gasteiger partial charge in [0.15, 0.2) is 0 Å². The molecule has 1 atom stereocenters. The number of nitrogens with two attached hydrogens (primary N) is 1. The van der Waals surface area contributed by atoms with Crippen molar-refractivity contribution in [3.63, 3.8) is 0 Å². The summed E-state index contributed by atoms with van der Waals surface area (Å²) in [6.45, 7) is 4.78. The van der Waals surface area contributed by atoms with Gasteiger partial charge < -0.3 is 10.8 Å². The lowest BCUT2D eigenvalue weighted by molar-refractivity contribution is 0.437. The van der Waals surface area contributed by atoms with Gasteiger partial charge in [-0.1, -0.05) is 35.8 Å². The quantitative estimate of drug-likeness (QED) is 0.875. The third kappa shape index (κ3) is 2.49. The van der Waals surface area contributed by atoms with E-state index in [1.165, 1.54) is 0 Å². The molecule has 0 aliphatic carbocycles. The predicted molar refractivity (Wildman–Crippen MR) is 62.4 cm³/mol. The van der Waals surface area contributed by atoms with Crippen LogP contribution in [0.2, 0.25) is 0 Å². The number of hydrogen-bond donors (Lipinski definition) is 2. The minimum atomic E-state index is 0.225. The van der Waals surface area contributed by atoms with Gasteiger partial charge in [0.25, 0.3) is 0 Å². The molecule has 0 saturated heterocycles. The van der Waals surface area contributed by atoms with E-state index >= 15 is 0 Å². The monoisotopic (exact) mass is 257 g/mol. The first-order valence-corrected chi connectivity index (χ1v) is 5.54. The molecule has 0 aliphatic rings. The molecule has 1 unspecified atom stereocenters. The molecule has 78 valence electrons. The number of aromatic hydroxyl groups is 1. The number of benzene rings is 1. The number of halogens is 1. The van der Waals surface area contributed by atoms with Crippen LogP contribution in [0.5, 0.6) is 5.75 Å². The zero-order chi connectivity index (χ0) is 10.7. The second-order valence-corrected chi connectivity index (χ2v) is 4.71. The van der Waals surface area contributed by atoms with Crippen molar-refractivity contribution in [2.24, 2.45) is 11.7 Å². The molecule has 0 saturated carbocycles. The van der Waals surface area contributed by atoms with Crippen molar-refractivity contribution in [3.05, 3.63) is 28.2 Å². The van der Waals surface area contributed by atoms with Crippen LogP contribution in [0.1, 0.15) is 25.3 Å². The lowest BCUT2D eigenvalue weighted by Gasteiger charge is -2.20. The lowest BCUT2D eigenvalue weighted by Crippen LogP contribution is -2.17. The fourth-order valence-corrected chi connectivity index (χ4v) is 1.94. The molecule has 0 aromatic heterocycles. The topological polar surface area (TPSA) is 46.2 Å². The van der Waals surface area contributed by atoms with Crippen molar-refractivity contribution in [2.75, 3.05) is 6.54 Å². The molecule has 0 amide bonds. The highest BCUT2D eigenvalue weighted by Gasteiger charge is 2.17. The number of rotatable bonds is 3. The third-order valence-electron chi connectivity index (χ3n) is 2.45. The summed E-state index contributed by atoms with van der Waals surface area (Å²) in [5.41, 5.74) is 6.63. The first kappa shape index (κ1) is 11.5. The highest BCUT2D eigenvalue weighted by Crippen LogP contribution is 2.32. The lowest BCUT2D eigenvalue weighted by atomic mass is 9.88. The van der Waals surface area contributed by atoms with E-state index in [9.17, 15) is 5.11 Å². The zero-order valence-electron chi connectivity index (χ0n) is 8.50. The molecule has 0 fully saturated rings. The Morgan fingerprint density at radius 3 is 2.50 bits per heavy atom. The SMILES string of the molecule is CC(C)C(CN)c1ccc(Br)cc1O. The summed E-state index contributed by atoms with van der Waals surface area (Å²) in [4.78, 5) is 0. The maximum absolute atomic E-state index is 9.76. The van der Waals surface area contributed by atoms with Gasteiger partial charge in [-0.2, -0.15) is 0 Å². The van der Waals surface area contributed by atoms with E-state index in [0.29, 0.717) is 18.2 Å². The Hall–Kier alpha value is -0.540. The summed E-state index contributed by atoms with van der Waals surface area (Å²) in [6.07, 6.45) is 0. The minimum Gasteiger partial charge on any atom is -0.508 e. The Bertz CT molecular complexity index is 312. The Morgan fingerprint density at radius 1 is 1.43 bits per heavy atom. The van der Waals surface area contributed by atoms with Gasteiger partial charge in [0.05, 0.1) is 0 Å². The van der Waals surface area contributed by atoms with Gasteiger partial charge >= 0.3 is 0 Å². The number of phenols is 1. The number of hydrogen-bond acceptors (Lipinski definition) is 2. The van der Waals surface area contributed by atoms with Crippen molar-refractivity contribution < 1.29 is 5.11 Å². The molecule has 3 N–H and O–H groups in total. The Balaban J connectivity index is 3.04. The maximum Gasteiger partial charge on any atom is 0.120 e. The average molecular weight is 258 g/mol. The van der Waals surface area contributed by atoms with E-state index in [-0.39, 0.29) is 5.92 Å². The van der Waals surface area contributed by atoms with E-state index in [1.54, 1.807) is 6.07 Å². The molecular formula is C11H16BrNO. The zero-order valence-corrected chi connectivity index (χ0v) is 10.1. The average Bonchev–Trinajstić information content (AvgIpc) is 2.09. The molecule has 1 aromatic rings. The summed E-state index contributed by atoms with van der Waals surface area (Å²) >= 11 is 3.31. The molecular weight excluding hydrogens is 242 g/mol. The van der Waals surface area contributed by atoms with E-state index in [2.05, 4.69) is 29.8 Å². The van der Waals surface area contributed by atoms with E-state index in [4.69, 9.17) is 5.73 Å². The Morgan fingerprint density at radius 2 is 2.07 bits per heavy atom. The van der Waals surface area contributed by atoms with Gasteiger partial charge in [-0.05, 0) is 30.2 Å². The van der Waals surface area contributed by atoms with Gasteiger partial charge in [-0.15, -0.1) is 0 Å². The van der Waals surface area contributed by atoms with Crippen molar-refractivity contribution >= 4 is 15.9 Å². The third-order valence-corrected chi connectivity index (χ3v) is 2.94. The summed E-state index contributed by atoms with van der Waals surface area (Å²) in [5.74, 6) is 0.985. The predicted octanol–water partition coefficient (Wildman–Crippen LogP) is 2.85. The molecule has 1 aromatic carbocycles. The maximum atomic E-state index is 9.76. The van der Waals surface area contributed by atoms with E-state index in [0.717, 1.165) is 10.0 Å². The van der Waals surface area contributed by atoms with E-state index < -0.39 is 0 Å². The van der Waals surface area contributed by atoms with Gasteiger partial charge in [-0.25, -0.2) is 0 Å². The summed E-state index contributed by atoms with van der Waals surface area (Å²) in [7, 11) is 0.